The molecule has 0 radical (unpaired) electrons. The van der Waals surface area contributed by atoms with Gasteiger partial charge in [-0.05, 0) is 19.1 Å². The predicted octanol–water partition coefficient (Wildman–Crippen LogP) is 1.99. The van der Waals surface area contributed by atoms with Gasteiger partial charge in [0.2, 0.25) is 0 Å². The molecule has 0 saturated carbocycles. The Labute approximate surface area is 106 Å². The third-order valence-electron chi connectivity index (χ3n) is 2.98. The number of aryl methyl sites for hydroxylation is 1. The van der Waals surface area contributed by atoms with Crippen molar-refractivity contribution in [1.29, 1.82) is 0 Å². The van der Waals surface area contributed by atoms with Gasteiger partial charge in [-0.3, -0.25) is 4.68 Å². The molecule has 0 aliphatic rings. The van der Waals surface area contributed by atoms with Gasteiger partial charge in [0, 0.05) is 24.2 Å². The molecule has 0 amide bonds. The van der Waals surface area contributed by atoms with E-state index in [1.807, 2.05) is 32.2 Å². The quantitative estimate of drug-likeness (QED) is 0.901. The molecule has 2 rings (SSSR count). The lowest BCUT2D eigenvalue weighted by Gasteiger charge is -2.11. The fraction of sp³-hybridized carbons (Fsp3) is 0.308. The molecule has 0 saturated heterocycles. The van der Waals surface area contributed by atoms with Crippen LogP contribution in [0.2, 0.25) is 0 Å². The fourth-order valence-corrected chi connectivity index (χ4v) is 2.02. The molecule has 0 aliphatic carbocycles. The summed E-state index contributed by atoms with van der Waals surface area (Å²) in [7, 11) is 5.12. The molecule has 5 nitrogen and oxygen atoms in total. The Bertz CT molecular complexity index is 576. The van der Waals surface area contributed by atoms with Crippen LogP contribution in [0.5, 0.6) is 11.5 Å². The van der Waals surface area contributed by atoms with Crippen molar-refractivity contribution in [3.63, 3.8) is 0 Å². The van der Waals surface area contributed by atoms with Crippen LogP contribution >= 0.6 is 0 Å². The number of benzene rings is 1. The summed E-state index contributed by atoms with van der Waals surface area (Å²) in [5, 5.41) is 4.21. The highest BCUT2D eigenvalue weighted by atomic mass is 16.5. The molecule has 1 aromatic carbocycles. The van der Waals surface area contributed by atoms with Crippen LogP contribution in [-0.2, 0) is 7.05 Å². The topological polar surface area (TPSA) is 62.3 Å². The van der Waals surface area contributed by atoms with E-state index in [4.69, 9.17) is 15.2 Å². The number of ether oxygens (including phenoxy) is 2. The van der Waals surface area contributed by atoms with E-state index < -0.39 is 0 Å². The van der Waals surface area contributed by atoms with Gasteiger partial charge in [-0.2, -0.15) is 5.10 Å². The van der Waals surface area contributed by atoms with Crippen molar-refractivity contribution in [1.82, 2.24) is 9.78 Å². The summed E-state index contributed by atoms with van der Waals surface area (Å²) in [6.07, 6.45) is 0. The Morgan fingerprint density at radius 1 is 1.22 bits per heavy atom. The van der Waals surface area contributed by atoms with Crippen LogP contribution in [0.3, 0.4) is 0 Å². The van der Waals surface area contributed by atoms with Crippen LogP contribution in [-0.4, -0.2) is 24.0 Å². The van der Waals surface area contributed by atoms with Crippen molar-refractivity contribution in [2.75, 3.05) is 20.0 Å². The van der Waals surface area contributed by atoms with Crippen molar-refractivity contribution < 1.29 is 9.47 Å². The maximum absolute atomic E-state index is 5.83. The first-order chi connectivity index (χ1) is 8.58. The summed E-state index contributed by atoms with van der Waals surface area (Å²) in [6.45, 7) is 1.95. The highest BCUT2D eigenvalue weighted by Gasteiger charge is 2.16. The zero-order valence-electron chi connectivity index (χ0n) is 11.0. The summed E-state index contributed by atoms with van der Waals surface area (Å²) in [4.78, 5) is 0. The summed E-state index contributed by atoms with van der Waals surface area (Å²) in [5.41, 5.74) is 8.67. The Hall–Kier alpha value is -2.17. The lowest BCUT2D eigenvalue weighted by Crippen LogP contribution is -1.97. The summed E-state index contributed by atoms with van der Waals surface area (Å²) < 4.78 is 12.3. The first-order valence-electron chi connectivity index (χ1n) is 5.60. The second kappa shape index (κ2) is 4.60. The Kier molecular flexibility index (Phi) is 3.14. The molecule has 0 aliphatic heterocycles. The van der Waals surface area contributed by atoms with Crippen LogP contribution < -0.4 is 15.2 Å². The van der Waals surface area contributed by atoms with Crippen molar-refractivity contribution in [3.05, 3.63) is 23.8 Å². The number of aromatic nitrogens is 2. The number of nitrogens with two attached hydrogens (primary N) is 1. The molecule has 18 heavy (non-hydrogen) atoms. The Morgan fingerprint density at radius 2 is 1.94 bits per heavy atom. The average Bonchev–Trinajstić information content (AvgIpc) is 2.62. The van der Waals surface area contributed by atoms with Crippen LogP contribution in [0.1, 0.15) is 5.56 Å². The van der Waals surface area contributed by atoms with Gasteiger partial charge in [0.25, 0.3) is 0 Å². The third kappa shape index (κ3) is 1.88. The second-order valence-corrected chi connectivity index (χ2v) is 4.05. The summed E-state index contributed by atoms with van der Waals surface area (Å²) >= 11 is 0. The maximum atomic E-state index is 5.83. The minimum absolute atomic E-state index is 0.533. The van der Waals surface area contributed by atoms with Crippen molar-refractivity contribution in [2.24, 2.45) is 7.05 Å². The standard InChI is InChI=1S/C13H17N3O2/c1-8-12(16(2)15-13(8)14)10-6-5-9(17-3)7-11(10)18-4/h5-7H,1-4H3,(H2,14,15). The van der Waals surface area contributed by atoms with Crippen LogP contribution in [0.25, 0.3) is 11.3 Å². The molecule has 0 fully saturated rings. The van der Waals surface area contributed by atoms with Crippen LogP contribution in [0.15, 0.2) is 18.2 Å². The van der Waals surface area contributed by atoms with Gasteiger partial charge in [0.15, 0.2) is 0 Å². The van der Waals surface area contributed by atoms with Gasteiger partial charge >= 0.3 is 0 Å². The Balaban J connectivity index is 2.63. The lowest BCUT2D eigenvalue weighted by atomic mass is 10.1. The number of hydrogen-bond donors (Lipinski definition) is 1. The second-order valence-electron chi connectivity index (χ2n) is 4.05. The molecule has 96 valence electrons. The zero-order chi connectivity index (χ0) is 13.3. The van der Waals surface area contributed by atoms with Crippen molar-refractivity contribution >= 4 is 5.82 Å². The molecular formula is C13H17N3O2. The molecule has 1 aromatic heterocycles. The normalized spacial score (nSPS) is 10.4. The van der Waals surface area contributed by atoms with Gasteiger partial charge in [-0.15, -0.1) is 0 Å². The largest absolute Gasteiger partial charge is 0.497 e. The monoisotopic (exact) mass is 247 g/mol. The van der Waals surface area contributed by atoms with Crippen LogP contribution in [0, 0.1) is 6.92 Å². The molecule has 0 bridgehead atoms. The third-order valence-corrected chi connectivity index (χ3v) is 2.98. The zero-order valence-corrected chi connectivity index (χ0v) is 11.0. The first kappa shape index (κ1) is 12.3. The molecular weight excluding hydrogens is 230 g/mol. The van der Waals surface area contributed by atoms with E-state index >= 15 is 0 Å². The van der Waals surface area contributed by atoms with Crippen molar-refractivity contribution in [2.45, 2.75) is 6.92 Å². The average molecular weight is 247 g/mol. The van der Waals surface area contributed by atoms with E-state index in [0.717, 1.165) is 28.3 Å². The number of hydrogen-bond acceptors (Lipinski definition) is 4. The molecule has 0 atom stereocenters. The van der Waals surface area contributed by atoms with E-state index in [1.165, 1.54) is 0 Å². The van der Waals surface area contributed by atoms with Gasteiger partial charge in [0.1, 0.15) is 17.3 Å². The first-order valence-corrected chi connectivity index (χ1v) is 5.60. The number of methoxy groups -OCH3 is 2. The molecule has 1 heterocycles. The van der Waals surface area contributed by atoms with E-state index in [9.17, 15) is 0 Å². The number of anilines is 1. The minimum Gasteiger partial charge on any atom is -0.497 e. The summed E-state index contributed by atoms with van der Waals surface area (Å²) in [6, 6.07) is 5.68. The fourth-order valence-electron chi connectivity index (χ4n) is 2.02. The minimum atomic E-state index is 0.533. The van der Waals surface area contributed by atoms with Gasteiger partial charge < -0.3 is 15.2 Å². The smallest absolute Gasteiger partial charge is 0.149 e. The van der Waals surface area contributed by atoms with Gasteiger partial charge in [-0.25, -0.2) is 0 Å². The summed E-state index contributed by atoms with van der Waals surface area (Å²) in [5.74, 6) is 2.02. The van der Waals surface area contributed by atoms with E-state index in [-0.39, 0.29) is 0 Å². The van der Waals surface area contributed by atoms with E-state index in [1.54, 1.807) is 18.9 Å². The molecule has 2 aromatic rings. The molecule has 0 unspecified atom stereocenters. The number of nitrogens with zero attached hydrogens (tertiary/aromatic N) is 2. The molecule has 2 N–H and O–H groups in total. The lowest BCUT2D eigenvalue weighted by molar-refractivity contribution is 0.395. The molecule has 5 heteroatoms. The highest BCUT2D eigenvalue weighted by Crippen LogP contribution is 2.36. The number of nitrogen functional groups attached to an aromatic ring is 1. The van der Waals surface area contributed by atoms with Gasteiger partial charge in [-0.1, -0.05) is 0 Å². The maximum Gasteiger partial charge on any atom is 0.149 e. The Morgan fingerprint density at radius 3 is 2.44 bits per heavy atom. The van der Waals surface area contributed by atoms with E-state index in [0.29, 0.717) is 5.82 Å². The van der Waals surface area contributed by atoms with E-state index in [2.05, 4.69) is 5.10 Å². The molecule has 0 spiro atoms. The van der Waals surface area contributed by atoms with Crippen LogP contribution in [0.4, 0.5) is 5.82 Å². The van der Waals surface area contributed by atoms with Crippen molar-refractivity contribution in [3.8, 4) is 22.8 Å². The number of rotatable bonds is 3. The SMILES string of the molecule is COc1ccc(-c2c(C)c(N)nn2C)c(OC)c1. The highest BCUT2D eigenvalue weighted by molar-refractivity contribution is 5.74. The van der Waals surface area contributed by atoms with Gasteiger partial charge in [0.05, 0.1) is 19.9 Å². The predicted molar refractivity (Wildman–Crippen MR) is 70.9 cm³/mol.